The zero-order valence-electron chi connectivity index (χ0n) is 19.5. The highest BCUT2D eigenvalue weighted by molar-refractivity contribution is 8.26. The molecule has 0 spiro atoms. The second kappa shape index (κ2) is 9.50. The number of amidine groups is 3. The van der Waals surface area contributed by atoms with E-state index >= 15 is 0 Å². The molecule has 1 aromatic heterocycles. The van der Waals surface area contributed by atoms with Gasteiger partial charge in [-0.05, 0) is 86.3 Å². The van der Waals surface area contributed by atoms with Gasteiger partial charge in [-0.3, -0.25) is 10.2 Å². The maximum atomic E-state index is 12.8. The number of rotatable bonds is 6. The molecule has 1 N–H and O–H groups in total. The highest BCUT2D eigenvalue weighted by atomic mass is 32.2. The number of hydrazone groups is 1. The lowest BCUT2D eigenvalue weighted by Crippen LogP contribution is -2.35. The first-order valence-corrected chi connectivity index (χ1v) is 12.4. The van der Waals surface area contributed by atoms with E-state index in [2.05, 4.69) is 39.5 Å². The van der Waals surface area contributed by atoms with Gasteiger partial charge in [-0.2, -0.15) is 10.0 Å². The molecule has 34 heavy (non-hydrogen) atoms. The number of hydrogen-bond donors (Lipinski definition) is 1. The molecule has 3 aliphatic heterocycles. The number of aromatic nitrogens is 1. The highest BCUT2D eigenvalue weighted by Gasteiger charge is 2.37. The number of thioether (sulfide) groups is 1. The molecule has 1 saturated heterocycles. The predicted molar refractivity (Wildman–Crippen MR) is 136 cm³/mol. The van der Waals surface area contributed by atoms with Crippen LogP contribution in [-0.4, -0.2) is 56.3 Å². The summed E-state index contributed by atoms with van der Waals surface area (Å²) in [4.78, 5) is 19.2. The molecule has 1 fully saturated rings. The van der Waals surface area contributed by atoms with Crippen molar-refractivity contribution < 1.29 is 9.53 Å². The lowest BCUT2D eigenvalue weighted by atomic mass is 10.1. The van der Waals surface area contributed by atoms with Crippen molar-refractivity contribution in [2.75, 3.05) is 19.7 Å². The maximum absolute atomic E-state index is 12.8. The van der Waals surface area contributed by atoms with Gasteiger partial charge in [0.05, 0.1) is 12.2 Å². The van der Waals surface area contributed by atoms with Crippen LogP contribution in [0.4, 0.5) is 0 Å². The van der Waals surface area contributed by atoms with Crippen molar-refractivity contribution in [1.82, 2.24) is 14.5 Å². The van der Waals surface area contributed by atoms with Crippen LogP contribution in [0.5, 0.6) is 5.75 Å². The maximum Gasteiger partial charge on any atom is 0.283 e. The topological polar surface area (TPSA) is 86.3 Å². The van der Waals surface area contributed by atoms with Crippen LogP contribution >= 0.6 is 11.8 Å². The summed E-state index contributed by atoms with van der Waals surface area (Å²) in [6.45, 7) is 7.38. The van der Waals surface area contributed by atoms with E-state index in [0.717, 1.165) is 55.5 Å². The molecule has 3 aliphatic rings. The van der Waals surface area contributed by atoms with E-state index in [9.17, 15) is 4.79 Å². The predicted octanol–water partition coefficient (Wildman–Crippen LogP) is 4.25. The molecule has 8 nitrogen and oxygen atoms in total. The Balaban J connectivity index is 1.25. The number of benzene rings is 1. The SMILES string of the molecule is Cc1cc(C)cc(OCCCn2cccc2/C=C2\C(=N)N3N=C(N4CCCC4)SC3=NC2=O)c1. The van der Waals surface area contributed by atoms with Crippen molar-refractivity contribution in [1.29, 1.82) is 5.41 Å². The van der Waals surface area contributed by atoms with Gasteiger partial charge in [0.1, 0.15) is 5.75 Å². The Hall–Kier alpha value is -3.33. The van der Waals surface area contributed by atoms with Crippen molar-refractivity contribution in [3.05, 3.63) is 58.9 Å². The lowest BCUT2D eigenvalue weighted by Gasteiger charge is -2.20. The molecule has 5 rings (SSSR count). The standard InChI is InChI=1S/C25H28N6O2S/c1-17-13-18(2)15-20(14-17)33-12-6-11-29-10-5-7-19(29)16-21-22(26)31-24(27-23(21)32)34-25(28-31)30-8-3-4-9-30/h5,7,10,13-16,26H,3-4,6,8-9,11-12H2,1-2H3/b21-16+,26-22?. The molecule has 0 aliphatic carbocycles. The van der Waals surface area contributed by atoms with Crippen molar-refractivity contribution in [3.8, 4) is 5.75 Å². The lowest BCUT2D eigenvalue weighted by molar-refractivity contribution is -0.114. The van der Waals surface area contributed by atoms with E-state index in [1.54, 1.807) is 6.08 Å². The zero-order valence-corrected chi connectivity index (χ0v) is 20.3. The molecule has 4 heterocycles. The van der Waals surface area contributed by atoms with Crippen LogP contribution in [0.15, 0.2) is 52.2 Å². The smallest absolute Gasteiger partial charge is 0.283 e. The summed E-state index contributed by atoms with van der Waals surface area (Å²) in [6.07, 6.45) is 6.81. The zero-order chi connectivity index (χ0) is 23.7. The number of carbonyl (C=O) groups is 1. The van der Waals surface area contributed by atoms with E-state index in [-0.39, 0.29) is 11.4 Å². The fourth-order valence-corrected chi connectivity index (χ4v) is 5.31. The van der Waals surface area contributed by atoms with Crippen LogP contribution in [0.3, 0.4) is 0 Å². The third-order valence-electron chi connectivity index (χ3n) is 5.98. The molecular formula is C25H28N6O2S. The number of nitrogens with one attached hydrogen (secondary N) is 1. The van der Waals surface area contributed by atoms with Crippen LogP contribution in [0.1, 0.15) is 36.1 Å². The highest BCUT2D eigenvalue weighted by Crippen LogP contribution is 2.30. The number of carbonyl (C=O) groups excluding carboxylic acids is 1. The van der Waals surface area contributed by atoms with Gasteiger partial charge >= 0.3 is 0 Å². The first-order chi connectivity index (χ1) is 16.5. The van der Waals surface area contributed by atoms with E-state index < -0.39 is 5.91 Å². The van der Waals surface area contributed by atoms with Gasteiger partial charge in [-0.15, -0.1) is 5.10 Å². The van der Waals surface area contributed by atoms with Gasteiger partial charge < -0.3 is 14.2 Å². The van der Waals surface area contributed by atoms with Gasteiger partial charge in [0, 0.05) is 31.5 Å². The Kier molecular flexibility index (Phi) is 6.28. The normalized spacial score (nSPS) is 19.1. The van der Waals surface area contributed by atoms with Crippen molar-refractivity contribution in [3.63, 3.8) is 0 Å². The average molecular weight is 477 g/mol. The molecule has 0 bridgehead atoms. The summed E-state index contributed by atoms with van der Waals surface area (Å²) in [6, 6.07) is 10.1. The second-order valence-electron chi connectivity index (χ2n) is 8.75. The van der Waals surface area contributed by atoms with Crippen LogP contribution < -0.4 is 4.74 Å². The fraction of sp³-hybridized carbons (Fsp3) is 0.360. The molecule has 1 amide bonds. The Labute approximate surface area is 203 Å². The van der Waals surface area contributed by atoms with Crippen molar-refractivity contribution in [2.45, 2.75) is 39.7 Å². The number of hydrogen-bond acceptors (Lipinski definition) is 6. The minimum Gasteiger partial charge on any atom is -0.494 e. The van der Waals surface area contributed by atoms with Crippen LogP contribution in [0, 0.1) is 19.3 Å². The number of amides is 1. The van der Waals surface area contributed by atoms with Crippen molar-refractivity contribution in [2.24, 2.45) is 10.1 Å². The third-order valence-corrected chi connectivity index (χ3v) is 6.95. The van der Waals surface area contributed by atoms with E-state index in [1.807, 2.05) is 30.5 Å². The molecule has 1 aromatic carbocycles. The van der Waals surface area contributed by atoms with Gasteiger partial charge in [-0.25, -0.2) is 0 Å². The quantitative estimate of drug-likeness (QED) is 0.498. The summed E-state index contributed by atoms with van der Waals surface area (Å²) in [5.74, 6) is 0.565. The van der Waals surface area contributed by atoms with Crippen LogP contribution in [0.2, 0.25) is 0 Å². The summed E-state index contributed by atoms with van der Waals surface area (Å²) in [5, 5.41) is 16.0. The molecule has 9 heteroatoms. The molecular weight excluding hydrogens is 448 g/mol. The number of fused-ring (bicyclic) bond motifs is 1. The van der Waals surface area contributed by atoms with E-state index in [1.165, 1.54) is 27.9 Å². The monoisotopic (exact) mass is 476 g/mol. The number of nitrogens with zero attached hydrogens (tertiary/aromatic N) is 5. The average Bonchev–Trinajstić information content (AvgIpc) is 3.54. The Bertz CT molecular complexity index is 1200. The minimum atomic E-state index is -0.396. The number of likely N-dealkylation sites (tertiary alicyclic amines) is 1. The van der Waals surface area contributed by atoms with Crippen LogP contribution in [0.25, 0.3) is 6.08 Å². The number of aliphatic imine (C=N–C) groups is 1. The third kappa shape index (κ3) is 4.65. The molecule has 2 aromatic rings. The largest absolute Gasteiger partial charge is 0.494 e. The molecule has 0 unspecified atom stereocenters. The molecule has 0 radical (unpaired) electrons. The summed E-state index contributed by atoms with van der Waals surface area (Å²) in [5.41, 5.74) is 3.48. The summed E-state index contributed by atoms with van der Waals surface area (Å²) >= 11 is 1.37. The minimum absolute atomic E-state index is 0.0718. The molecule has 0 saturated carbocycles. The van der Waals surface area contributed by atoms with E-state index in [4.69, 9.17) is 10.1 Å². The van der Waals surface area contributed by atoms with Crippen LogP contribution in [-0.2, 0) is 11.3 Å². The molecule has 176 valence electrons. The Morgan fingerprint density at radius 1 is 1.15 bits per heavy atom. The fourth-order valence-electron chi connectivity index (χ4n) is 4.37. The summed E-state index contributed by atoms with van der Waals surface area (Å²) in [7, 11) is 0. The Morgan fingerprint density at radius 3 is 2.68 bits per heavy atom. The van der Waals surface area contributed by atoms with Gasteiger partial charge in [0.25, 0.3) is 5.91 Å². The molecule has 0 atom stereocenters. The number of ether oxygens (including phenoxy) is 1. The van der Waals surface area contributed by atoms with Crippen molar-refractivity contribution >= 4 is 39.9 Å². The van der Waals surface area contributed by atoms with Gasteiger partial charge in [0.15, 0.2) is 11.0 Å². The Morgan fingerprint density at radius 2 is 1.91 bits per heavy atom. The first-order valence-electron chi connectivity index (χ1n) is 11.6. The number of aryl methyl sites for hydroxylation is 3. The second-order valence-corrected chi connectivity index (χ2v) is 9.68. The van der Waals surface area contributed by atoms with E-state index in [0.29, 0.717) is 11.8 Å². The van der Waals surface area contributed by atoms with Gasteiger partial charge in [0.2, 0.25) is 5.17 Å². The van der Waals surface area contributed by atoms with Gasteiger partial charge in [-0.1, -0.05) is 6.07 Å². The summed E-state index contributed by atoms with van der Waals surface area (Å²) < 4.78 is 7.99. The first kappa shape index (κ1) is 22.5.